The van der Waals surface area contributed by atoms with Gasteiger partial charge in [0.25, 0.3) is 5.91 Å². The van der Waals surface area contributed by atoms with Gasteiger partial charge in [0.2, 0.25) is 0 Å². The second kappa shape index (κ2) is 5.01. The molecule has 0 bridgehead atoms. The van der Waals surface area contributed by atoms with Gasteiger partial charge >= 0.3 is 0 Å². The molecule has 0 saturated heterocycles. The summed E-state index contributed by atoms with van der Waals surface area (Å²) in [5.74, 6) is 0.0615. The molecular weight excluding hydrogens is 212 g/mol. The van der Waals surface area contributed by atoms with Gasteiger partial charge < -0.3 is 4.90 Å². The van der Waals surface area contributed by atoms with E-state index >= 15 is 0 Å². The van der Waals surface area contributed by atoms with Crippen LogP contribution in [0.5, 0.6) is 0 Å². The minimum absolute atomic E-state index is 0.0615. The minimum atomic E-state index is 0.0615. The molecule has 1 aromatic carbocycles. The summed E-state index contributed by atoms with van der Waals surface area (Å²) in [4.78, 5) is 14.2. The molecule has 1 aliphatic rings. The van der Waals surface area contributed by atoms with Crippen LogP contribution in [-0.4, -0.2) is 23.4 Å². The third-order valence-corrected chi connectivity index (χ3v) is 2.95. The number of carbonyl (C=O) groups is 1. The van der Waals surface area contributed by atoms with Crippen LogP contribution in [0.25, 0.3) is 0 Å². The standard InChI is InChI=1S/C14H16N2O/c1-2-8-16(13-6-7-13)14(17)12-5-3-4-11(9-12)10-15/h3-5,9,13H,2,6-8H2,1H3. The number of carbonyl (C=O) groups excluding carboxylic acids is 1. The van der Waals surface area contributed by atoms with Gasteiger partial charge in [-0.25, -0.2) is 0 Å². The van der Waals surface area contributed by atoms with Gasteiger partial charge in [0.1, 0.15) is 0 Å². The van der Waals surface area contributed by atoms with Crippen molar-refractivity contribution in [2.75, 3.05) is 6.54 Å². The zero-order valence-electron chi connectivity index (χ0n) is 10.0. The first-order valence-electron chi connectivity index (χ1n) is 6.07. The van der Waals surface area contributed by atoms with Crippen LogP contribution >= 0.6 is 0 Å². The van der Waals surface area contributed by atoms with Crippen LogP contribution in [0.1, 0.15) is 42.1 Å². The lowest BCUT2D eigenvalue weighted by Crippen LogP contribution is -2.33. The van der Waals surface area contributed by atoms with E-state index in [1.54, 1.807) is 24.3 Å². The molecule has 2 rings (SSSR count). The van der Waals surface area contributed by atoms with Gasteiger partial charge in [0.15, 0.2) is 0 Å². The molecule has 0 aromatic heterocycles. The Labute approximate surface area is 102 Å². The van der Waals surface area contributed by atoms with E-state index in [9.17, 15) is 4.79 Å². The molecule has 0 heterocycles. The molecule has 0 spiro atoms. The number of amides is 1. The Morgan fingerprint density at radius 1 is 1.53 bits per heavy atom. The van der Waals surface area contributed by atoms with E-state index in [1.165, 1.54) is 0 Å². The maximum atomic E-state index is 12.3. The van der Waals surface area contributed by atoms with Crippen LogP contribution in [0, 0.1) is 11.3 Å². The SMILES string of the molecule is CCCN(C(=O)c1cccc(C#N)c1)C1CC1. The molecular formula is C14H16N2O. The topological polar surface area (TPSA) is 44.1 Å². The molecule has 0 unspecified atom stereocenters. The first-order valence-corrected chi connectivity index (χ1v) is 6.07. The predicted molar refractivity (Wildman–Crippen MR) is 65.5 cm³/mol. The quantitative estimate of drug-likeness (QED) is 0.795. The Bertz CT molecular complexity index is 458. The van der Waals surface area contributed by atoms with E-state index < -0.39 is 0 Å². The normalized spacial score (nSPS) is 14.1. The number of hydrogen-bond donors (Lipinski definition) is 0. The van der Waals surface area contributed by atoms with Crippen molar-refractivity contribution in [2.24, 2.45) is 0 Å². The fraction of sp³-hybridized carbons (Fsp3) is 0.429. The molecule has 1 aromatic rings. The Balaban J connectivity index is 2.19. The van der Waals surface area contributed by atoms with Crippen LogP contribution in [0.4, 0.5) is 0 Å². The average Bonchev–Trinajstić information content (AvgIpc) is 3.19. The summed E-state index contributed by atoms with van der Waals surface area (Å²) in [6.45, 7) is 2.88. The van der Waals surface area contributed by atoms with Crippen LogP contribution in [0.3, 0.4) is 0 Å². The van der Waals surface area contributed by atoms with Crippen molar-refractivity contribution in [3.05, 3.63) is 35.4 Å². The van der Waals surface area contributed by atoms with Crippen molar-refractivity contribution in [2.45, 2.75) is 32.2 Å². The molecule has 1 aliphatic carbocycles. The molecule has 0 aliphatic heterocycles. The molecule has 17 heavy (non-hydrogen) atoms. The zero-order chi connectivity index (χ0) is 12.3. The van der Waals surface area contributed by atoms with Gasteiger partial charge in [0, 0.05) is 18.2 Å². The smallest absolute Gasteiger partial charge is 0.254 e. The van der Waals surface area contributed by atoms with Crippen LogP contribution in [0.2, 0.25) is 0 Å². The van der Waals surface area contributed by atoms with Crippen molar-refractivity contribution in [3.8, 4) is 6.07 Å². The number of nitriles is 1. The first-order chi connectivity index (χ1) is 8.26. The zero-order valence-corrected chi connectivity index (χ0v) is 10.0. The Morgan fingerprint density at radius 2 is 2.29 bits per heavy atom. The van der Waals surface area contributed by atoms with Gasteiger partial charge in [0.05, 0.1) is 11.6 Å². The summed E-state index contributed by atoms with van der Waals surface area (Å²) in [5, 5.41) is 8.83. The maximum Gasteiger partial charge on any atom is 0.254 e. The third-order valence-electron chi connectivity index (χ3n) is 2.95. The summed E-state index contributed by atoms with van der Waals surface area (Å²) >= 11 is 0. The second-order valence-corrected chi connectivity index (χ2v) is 4.42. The molecule has 0 atom stereocenters. The van der Waals surface area contributed by atoms with E-state index in [4.69, 9.17) is 5.26 Å². The van der Waals surface area contributed by atoms with Crippen molar-refractivity contribution in [1.29, 1.82) is 5.26 Å². The number of rotatable bonds is 4. The van der Waals surface area contributed by atoms with Gasteiger partial charge in [-0.3, -0.25) is 4.79 Å². The Hall–Kier alpha value is -1.82. The second-order valence-electron chi connectivity index (χ2n) is 4.42. The van der Waals surface area contributed by atoms with Gasteiger partial charge in [-0.05, 0) is 37.5 Å². The van der Waals surface area contributed by atoms with E-state index in [-0.39, 0.29) is 5.91 Å². The summed E-state index contributed by atoms with van der Waals surface area (Å²) in [6.07, 6.45) is 3.20. The molecule has 3 heteroatoms. The highest BCUT2D eigenvalue weighted by Crippen LogP contribution is 2.28. The molecule has 1 amide bonds. The largest absolute Gasteiger partial charge is 0.336 e. The first kappa shape index (κ1) is 11.7. The number of benzene rings is 1. The number of hydrogen-bond acceptors (Lipinski definition) is 2. The molecule has 0 N–H and O–H groups in total. The van der Waals surface area contributed by atoms with Gasteiger partial charge in [-0.15, -0.1) is 0 Å². The number of nitrogens with zero attached hydrogens (tertiary/aromatic N) is 2. The summed E-state index contributed by atoms with van der Waals surface area (Å²) in [5.41, 5.74) is 1.17. The van der Waals surface area contributed by atoms with E-state index in [0.29, 0.717) is 17.2 Å². The van der Waals surface area contributed by atoms with Crippen molar-refractivity contribution in [3.63, 3.8) is 0 Å². The fourth-order valence-corrected chi connectivity index (χ4v) is 1.96. The minimum Gasteiger partial charge on any atom is -0.336 e. The lowest BCUT2D eigenvalue weighted by Gasteiger charge is -2.21. The molecule has 1 saturated carbocycles. The summed E-state index contributed by atoms with van der Waals surface area (Å²) in [6, 6.07) is 9.44. The van der Waals surface area contributed by atoms with Crippen LogP contribution < -0.4 is 0 Å². The lowest BCUT2D eigenvalue weighted by molar-refractivity contribution is 0.0743. The van der Waals surface area contributed by atoms with E-state index in [0.717, 1.165) is 25.8 Å². The third kappa shape index (κ3) is 2.65. The highest BCUT2D eigenvalue weighted by Gasteiger charge is 2.32. The molecule has 88 valence electrons. The Kier molecular flexibility index (Phi) is 3.43. The maximum absolute atomic E-state index is 12.3. The fourth-order valence-electron chi connectivity index (χ4n) is 1.96. The van der Waals surface area contributed by atoms with Crippen molar-refractivity contribution in [1.82, 2.24) is 4.90 Å². The van der Waals surface area contributed by atoms with Crippen molar-refractivity contribution >= 4 is 5.91 Å². The van der Waals surface area contributed by atoms with E-state index in [1.807, 2.05) is 4.90 Å². The molecule has 0 radical (unpaired) electrons. The highest BCUT2D eigenvalue weighted by molar-refractivity contribution is 5.95. The van der Waals surface area contributed by atoms with Gasteiger partial charge in [-0.1, -0.05) is 13.0 Å². The predicted octanol–water partition coefficient (Wildman–Crippen LogP) is 2.57. The van der Waals surface area contributed by atoms with E-state index in [2.05, 4.69) is 13.0 Å². The average molecular weight is 228 g/mol. The Morgan fingerprint density at radius 3 is 2.88 bits per heavy atom. The molecule has 3 nitrogen and oxygen atoms in total. The van der Waals surface area contributed by atoms with Crippen LogP contribution in [0.15, 0.2) is 24.3 Å². The molecule has 1 fully saturated rings. The van der Waals surface area contributed by atoms with Crippen molar-refractivity contribution < 1.29 is 4.79 Å². The van der Waals surface area contributed by atoms with Gasteiger partial charge in [-0.2, -0.15) is 5.26 Å². The highest BCUT2D eigenvalue weighted by atomic mass is 16.2. The van der Waals surface area contributed by atoms with Crippen LogP contribution in [-0.2, 0) is 0 Å². The summed E-state index contributed by atoms with van der Waals surface area (Å²) in [7, 11) is 0. The monoisotopic (exact) mass is 228 g/mol. The lowest BCUT2D eigenvalue weighted by atomic mass is 10.1. The summed E-state index contributed by atoms with van der Waals surface area (Å²) < 4.78 is 0.